The Morgan fingerprint density at radius 3 is 3.04 bits per heavy atom. The van der Waals surface area contributed by atoms with Gasteiger partial charge in [-0.05, 0) is 19.1 Å². The van der Waals surface area contributed by atoms with E-state index in [1.54, 1.807) is 19.1 Å². The fourth-order valence-corrected chi connectivity index (χ4v) is 3.67. The number of esters is 1. The maximum absolute atomic E-state index is 12.5. The van der Waals surface area contributed by atoms with E-state index in [2.05, 4.69) is 4.98 Å². The number of fused-ring (bicyclic) bond motifs is 1. The van der Waals surface area contributed by atoms with Gasteiger partial charge in [0.2, 0.25) is 0 Å². The summed E-state index contributed by atoms with van der Waals surface area (Å²) in [5.74, 6) is 0.378. The van der Waals surface area contributed by atoms with Crippen LogP contribution in [0.5, 0.6) is 5.75 Å². The van der Waals surface area contributed by atoms with Gasteiger partial charge >= 0.3 is 5.97 Å². The second kappa shape index (κ2) is 7.41. The van der Waals surface area contributed by atoms with Crippen molar-refractivity contribution in [3.63, 3.8) is 0 Å². The summed E-state index contributed by atoms with van der Waals surface area (Å²) in [7, 11) is 0. The van der Waals surface area contributed by atoms with Gasteiger partial charge in [-0.3, -0.25) is 10.1 Å². The van der Waals surface area contributed by atoms with Gasteiger partial charge in [0.1, 0.15) is 12.4 Å². The van der Waals surface area contributed by atoms with Crippen LogP contribution in [0.1, 0.15) is 26.5 Å². The zero-order valence-corrected chi connectivity index (χ0v) is 15.5. The Bertz CT molecular complexity index is 1040. The van der Waals surface area contributed by atoms with Crippen LogP contribution in [0.15, 0.2) is 34.9 Å². The van der Waals surface area contributed by atoms with Gasteiger partial charge in [0.25, 0.3) is 5.69 Å². The summed E-state index contributed by atoms with van der Waals surface area (Å²) in [4.78, 5) is 28.1. The number of aryl methyl sites for hydroxylation is 1. The number of ether oxygens (including phenoxy) is 3. The Kier molecular flexibility index (Phi) is 4.80. The lowest BCUT2D eigenvalue weighted by Crippen LogP contribution is -2.15. The number of nitro groups is 1. The first-order valence-electron chi connectivity index (χ1n) is 8.22. The first kappa shape index (κ1) is 18.1. The Labute approximate surface area is 162 Å². The molecule has 10 heteroatoms. The number of thiazole rings is 1. The Morgan fingerprint density at radius 2 is 2.29 bits per heavy atom. The smallest absolute Gasteiger partial charge is 0.358 e. The molecule has 2 aromatic heterocycles. The van der Waals surface area contributed by atoms with Crippen molar-refractivity contribution in [1.82, 2.24) is 4.98 Å². The van der Waals surface area contributed by atoms with Gasteiger partial charge < -0.3 is 18.6 Å². The van der Waals surface area contributed by atoms with E-state index in [1.807, 2.05) is 0 Å². The molecule has 3 aromatic rings. The van der Waals surface area contributed by atoms with Crippen LogP contribution in [0.4, 0.5) is 5.69 Å². The molecule has 0 saturated heterocycles. The zero-order chi connectivity index (χ0) is 19.7. The predicted molar refractivity (Wildman–Crippen MR) is 97.1 cm³/mol. The van der Waals surface area contributed by atoms with E-state index < -0.39 is 10.9 Å². The molecule has 0 aliphatic carbocycles. The number of non-ortho nitro benzene ring substituents is 1. The summed E-state index contributed by atoms with van der Waals surface area (Å²) < 4.78 is 21.3. The standard InChI is InChI=1S/C18H14N2O7S/c1-10-15(19-17(28-10)14-3-2-4-25-14)18(21)26-8-12-6-13(20(22)23)5-11-7-24-9-27-16(11)12/h2-6H,7-9H2,1H3. The van der Waals surface area contributed by atoms with Crippen molar-refractivity contribution in [2.75, 3.05) is 6.79 Å². The molecular formula is C18H14N2O7S. The Hall–Kier alpha value is -3.24. The molecule has 1 aromatic carbocycles. The number of hydrogen-bond acceptors (Lipinski definition) is 9. The third-order valence-electron chi connectivity index (χ3n) is 4.06. The minimum atomic E-state index is -0.626. The molecule has 0 atom stereocenters. The predicted octanol–water partition coefficient (Wildman–Crippen LogP) is 3.84. The van der Waals surface area contributed by atoms with E-state index in [-0.39, 0.29) is 31.4 Å². The van der Waals surface area contributed by atoms with Crippen molar-refractivity contribution in [2.24, 2.45) is 0 Å². The number of rotatable bonds is 5. The number of nitro benzene ring substituents is 1. The van der Waals surface area contributed by atoms with Crippen LogP contribution in [-0.2, 0) is 22.7 Å². The lowest BCUT2D eigenvalue weighted by Gasteiger charge is -2.20. The summed E-state index contributed by atoms with van der Waals surface area (Å²) in [5, 5.41) is 11.7. The second-order valence-electron chi connectivity index (χ2n) is 5.94. The molecule has 4 rings (SSSR count). The quantitative estimate of drug-likeness (QED) is 0.359. The van der Waals surface area contributed by atoms with E-state index in [9.17, 15) is 14.9 Å². The van der Waals surface area contributed by atoms with Crippen molar-refractivity contribution < 1.29 is 28.3 Å². The van der Waals surface area contributed by atoms with Crippen LogP contribution in [0.3, 0.4) is 0 Å². The molecule has 9 nitrogen and oxygen atoms in total. The number of aromatic nitrogens is 1. The van der Waals surface area contributed by atoms with Gasteiger partial charge in [-0.2, -0.15) is 0 Å². The van der Waals surface area contributed by atoms with Gasteiger partial charge in [0.15, 0.2) is 23.3 Å². The molecule has 0 amide bonds. The van der Waals surface area contributed by atoms with Gasteiger partial charge in [-0.1, -0.05) is 0 Å². The summed E-state index contributed by atoms with van der Waals surface area (Å²) in [5.41, 5.74) is 1.00. The number of carbonyl (C=O) groups is 1. The Balaban J connectivity index is 1.55. The minimum absolute atomic E-state index is 0.0312. The van der Waals surface area contributed by atoms with Crippen LogP contribution in [0.25, 0.3) is 10.8 Å². The zero-order valence-electron chi connectivity index (χ0n) is 14.7. The topological polar surface area (TPSA) is 114 Å². The largest absolute Gasteiger partial charge is 0.467 e. The average Bonchev–Trinajstić information content (AvgIpc) is 3.35. The van der Waals surface area contributed by atoms with E-state index in [0.29, 0.717) is 32.5 Å². The first-order chi connectivity index (χ1) is 13.5. The third-order valence-corrected chi connectivity index (χ3v) is 5.05. The highest BCUT2D eigenvalue weighted by Crippen LogP contribution is 2.33. The van der Waals surface area contributed by atoms with Crippen molar-refractivity contribution >= 4 is 23.0 Å². The van der Waals surface area contributed by atoms with Crippen molar-refractivity contribution in [1.29, 1.82) is 0 Å². The summed E-state index contributed by atoms with van der Waals surface area (Å²) >= 11 is 1.32. The monoisotopic (exact) mass is 402 g/mol. The maximum Gasteiger partial charge on any atom is 0.358 e. The van der Waals surface area contributed by atoms with Crippen LogP contribution in [0.2, 0.25) is 0 Å². The molecule has 1 aliphatic rings. The molecule has 3 heterocycles. The van der Waals surface area contributed by atoms with E-state index >= 15 is 0 Å². The molecule has 0 fully saturated rings. The molecule has 0 spiro atoms. The Morgan fingerprint density at radius 1 is 1.43 bits per heavy atom. The van der Waals surface area contributed by atoms with Crippen LogP contribution in [-0.4, -0.2) is 22.7 Å². The molecule has 0 N–H and O–H groups in total. The molecule has 1 aliphatic heterocycles. The highest BCUT2D eigenvalue weighted by Gasteiger charge is 2.23. The maximum atomic E-state index is 12.5. The molecular weight excluding hydrogens is 388 g/mol. The molecule has 0 saturated carbocycles. The number of benzene rings is 1. The molecule has 0 radical (unpaired) electrons. The van der Waals surface area contributed by atoms with Crippen LogP contribution in [0, 0.1) is 17.0 Å². The van der Waals surface area contributed by atoms with Gasteiger partial charge in [-0.25, -0.2) is 9.78 Å². The lowest BCUT2D eigenvalue weighted by atomic mass is 10.1. The molecule has 28 heavy (non-hydrogen) atoms. The first-order valence-corrected chi connectivity index (χ1v) is 9.03. The molecule has 144 valence electrons. The van der Waals surface area contributed by atoms with Crippen LogP contribution >= 0.6 is 11.3 Å². The summed E-state index contributed by atoms with van der Waals surface area (Å²) in [6.07, 6.45) is 1.53. The van der Waals surface area contributed by atoms with Crippen molar-refractivity contribution in [3.05, 3.63) is 62.3 Å². The normalized spacial score (nSPS) is 12.9. The number of nitrogens with zero attached hydrogens (tertiary/aromatic N) is 2. The van der Waals surface area contributed by atoms with E-state index in [4.69, 9.17) is 18.6 Å². The molecule has 0 bridgehead atoms. The van der Waals surface area contributed by atoms with E-state index in [1.165, 1.54) is 29.7 Å². The van der Waals surface area contributed by atoms with E-state index in [0.717, 1.165) is 0 Å². The average molecular weight is 402 g/mol. The highest BCUT2D eigenvalue weighted by molar-refractivity contribution is 7.15. The van der Waals surface area contributed by atoms with Gasteiger partial charge in [0, 0.05) is 28.1 Å². The lowest BCUT2D eigenvalue weighted by molar-refractivity contribution is -0.385. The van der Waals surface area contributed by atoms with Crippen molar-refractivity contribution in [2.45, 2.75) is 20.1 Å². The number of furan rings is 1. The van der Waals surface area contributed by atoms with Gasteiger partial charge in [0.05, 0.1) is 17.8 Å². The van der Waals surface area contributed by atoms with Gasteiger partial charge in [-0.15, -0.1) is 11.3 Å². The second-order valence-corrected chi connectivity index (χ2v) is 7.14. The fraction of sp³-hybridized carbons (Fsp3) is 0.222. The number of carbonyl (C=O) groups excluding carboxylic acids is 1. The summed E-state index contributed by atoms with van der Waals surface area (Å²) in [6, 6.07) is 6.21. The fourth-order valence-electron chi connectivity index (χ4n) is 2.80. The minimum Gasteiger partial charge on any atom is -0.467 e. The SMILES string of the molecule is Cc1sc(-c2ccco2)nc1C(=O)OCc1cc([N+](=O)[O-])cc2c1OCOC2. The van der Waals surface area contributed by atoms with Crippen molar-refractivity contribution in [3.8, 4) is 16.5 Å². The third kappa shape index (κ3) is 3.47. The summed E-state index contributed by atoms with van der Waals surface area (Å²) in [6.45, 7) is 1.80. The van der Waals surface area contributed by atoms with Crippen LogP contribution < -0.4 is 4.74 Å². The molecule has 0 unspecified atom stereocenters. The number of hydrogen-bond donors (Lipinski definition) is 0. The highest BCUT2D eigenvalue weighted by atomic mass is 32.1.